The molecule has 0 aromatic heterocycles. The number of aryl methyl sites for hydroxylation is 1. The topological polar surface area (TPSA) is 76.1 Å². The predicted octanol–water partition coefficient (Wildman–Crippen LogP) is 5.68. The minimum Gasteiger partial charge on any atom is -0.507 e. The molecule has 1 aliphatic rings. The Bertz CT molecular complexity index is 1300. The van der Waals surface area contributed by atoms with Crippen molar-refractivity contribution < 1.29 is 24.2 Å². The van der Waals surface area contributed by atoms with E-state index in [0.29, 0.717) is 28.7 Å². The highest BCUT2D eigenvalue weighted by atomic mass is 35.5. The minimum absolute atomic E-state index is 0.0267. The molecule has 0 spiro atoms. The number of amides is 1. The molecular weight excluding hydrogens is 466 g/mol. The quantitative estimate of drug-likeness (QED) is 0.261. The molecule has 180 valence electrons. The summed E-state index contributed by atoms with van der Waals surface area (Å²) in [4.78, 5) is 28.0. The molecule has 1 saturated heterocycles. The van der Waals surface area contributed by atoms with Gasteiger partial charge in [0.25, 0.3) is 11.7 Å². The smallest absolute Gasteiger partial charge is 0.295 e. The van der Waals surface area contributed by atoms with Gasteiger partial charge in [-0.25, -0.2) is 0 Å². The molecule has 1 aliphatic heterocycles. The number of methoxy groups -OCH3 is 1. The van der Waals surface area contributed by atoms with E-state index in [0.717, 1.165) is 16.7 Å². The first kappa shape index (κ1) is 24.4. The van der Waals surface area contributed by atoms with Gasteiger partial charge in [-0.2, -0.15) is 0 Å². The van der Waals surface area contributed by atoms with Crippen LogP contribution >= 0.6 is 11.6 Å². The summed E-state index contributed by atoms with van der Waals surface area (Å²) in [7, 11) is 1.58. The van der Waals surface area contributed by atoms with E-state index in [1.807, 2.05) is 50.2 Å². The molecule has 1 atom stereocenters. The highest BCUT2D eigenvalue weighted by Gasteiger charge is 2.46. The molecule has 0 radical (unpaired) electrons. The van der Waals surface area contributed by atoms with E-state index in [2.05, 4.69) is 0 Å². The first-order valence-electron chi connectivity index (χ1n) is 11.2. The van der Waals surface area contributed by atoms with E-state index in [1.165, 1.54) is 4.90 Å². The van der Waals surface area contributed by atoms with Gasteiger partial charge in [-0.05, 0) is 55.3 Å². The Labute approximate surface area is 209 Å². The maximum atomic E-state index is 13.3. The van der Waals surface area contributed by atoms with Crippen LogP contribution in [0.25, 0.3) is 5.76 Å². The van der Waals surface area contributed by atoms with Crippen molar-refractivity contribution in [3.63, 3.8) is 0 Å². The number of rotatable bonds is 7. The van der Waals surface area contributed by atoms with Crippen molar-refractivity contribution in [2.45, 2.75) is 26.4 Å². The SMILES string of the molecule is CCOc1cc(/C(O)=C2/C(=O)C(=O)N(Cc3ccc(OC)cc3)C2c2cccc(C)c2)ccc1Cl. The number of benzene rings is 3. The summed E-state index contributed by atoms with van der Waals surface area (Å²) in [6.45, 7) is 4.34. The van der Waals surface area contributed by atoms with E-state index >= 15 is 0 Å². The molecule has 4 rings (SSSR count). The number of carbonyl (C=O) groups is 2. The van der Waals surface area contributed by atoms with Crippen molar-refractivity contribution in [1.82, 2.24) is 4.90 Å². The van der Waals surface area contributed by atoms with Crippen LogP contribution in [0.3, 0.4) is 0 Å². The third-order valence-electron chi connectivity index (χ3n) is 5.91. The van der Waals surface area contributed by atoms with Crippen LogP contribution in [0.15, 0.2) is 72.3 Å². The van der Waals surface area contributed by atoms with Gasteiger partial charge in [0.05, 0.1) is 30.4 Å². The second-order valence-corrected chi connectivity index (χ2v) is 8.67. The molecule has 3 aromatic rings. The van der Waals surface area contributed by atoms with Gasteiger partial charge in [0.2, 0.25) is 0 Å². The molecule has 0 bridgehead atoms. The zero-order valence-electron chi connectivity index (χ0n) is 19.7. The molecule has 0 saturated carbocycles. The highest BCUT2D eigenvalue weighted by molar-refractivity contribution is 6.46. The van der Waals surface area contributed by atoms with E-state index < -0.39 is 17.7 Å². The third-order valence-corrected chi connectivity index (χ3v) is 6.23. The van der Waals surface area contributed by atoms with Crippen molar-refractivity contribution in [2.24, 2.45) is 0 Å². The molecule has 35 heavy (non-hydrogen) atoms. The van der Waals surface area contributed by atoms with Crippen LogP contribution in [0.4, 0.5) is 0 Å². The predicted molar refractivity (Wildman–Crippen MR) is 135 cm³/mol. The van der Waals surface area contributed by atoms with Gasteiger partial charge in [0.15, 0.2) is 0 Å². The van der Waals surface area contributed by atoms with Crippen LogP contribution < -0.4 is 9.47 Å². The van der Waals surface area contributed by atoms with Gasteiger partial charge in [0.1, 0.15) is 17.3 Å². The van der Waals surface area contributed by atoms with E-state index in [-0.39, 0.29) is 17.9 Å². The van der Waals surface area contributed by atoms with E-state index in [9.17, 15) is 14.7 Å². The molecule has 0 aliphatic carbocycles. The van der Waals surface area contributed by atoms with Gasteiger partial charge >= 0.3 is 0 Å². The van der Waals surface area contributed by atoms with Crippen LogP contribution in [0, 0.1) is 6.92 Å². The largest absolute Gasteiger partial charge is 0.507 e. The second kappa shape index (κ2) is 10.2. The summed E-state index contributed by atoms with van der Waals surface area (Å²) >= 11 is 6.21. The molecule has 7 heteroatoms. The summed E-state index contributed by atoms with van der Waals surface area (Å²) in [5, 5.41) is 11.7. The average Bonchev–Trinajstić information content (AvgIpc) is 3.10. The van der Waals surface area contributed by atoms with Crippen LogP contribution in [0.2, 0.25) is 5.02 Å². The standard InChI is InChI=1S/C28H26ClNO5/c1-4-35-23-15-20(10-13-22(23)29)26(31)24-25(19-7-5-6-17(2)14-19)30(28(33)27(24)32)16-18-8-11-21(34-3)12-9-18/h5-15,25,31H,4,16H2,1-3H3/b26-24-. The van der Waals surface area contributed by atoms with E-state index in [1.54, 1.807) is 37.4 Å². The van der Waals surface area contributed by atoms with Crippen molar-refractivity contribution >= 4 is 29.1 Å². The van der Waals surface area contributed by atoms with Gasteiger partial charge in [-0.1, -0.05) is 53.6 Å². The number of ketones is 1. The maximum Gasteiger partial charge on any atom is 0.295 e. The number of ether oxygens (including phenoxy) is 2. The molecule has 6 nitrogen and oxygen atoms in total. The molecule has 1 fully saturated rings. The number of likely N-dealkylation sites (tertiary alicyclic amines) is 1. The zero-order valence-corrected chi connectivity index (χ0v) is 20.5. The summed E-state index contributed by atoms with van der Waals surface area (Å²) < 4.78 is 10.8. The lowest BCUT2D eigenvalue weighted by atomic mass is 9.94. The molecular formula is C28H26ClNO5. The van der Waals surface area contributed by atoms with Crippen LogP contribution in [0.1, 0.15) is 35.2 Å². The Hall–Kier alpha value is -3.77. The number of Topliss-reactive ketones (excluding diaryl/α,β-unsaturated/α-hetero) is 1. The lowest BCUT2D eigenvalue weighted by Gasteiger charge is -2.26. The van der Waals surface area contributed by atoms with Crippen molar-refractivity contribution in [2.75, 3.05) is 13.7 Å². The van der Waals surface area contributed by atoms with Gasteiger partial charge in [-0.3, -0.25) is 9.59 Å². The Morgan fingerprint density at radius 2 is 1.80 bits per heavy atom. The van der Waals surface area contributed by atoms with Gasteiger partial charge in [-0.15, -0.1) is 0 Å². The average molecular weight is 492 g/mol. The number of aliphatic hydroxyl groups excluding tert-OH is 1. The number of hydrogen-bond donors (Lipinski definition) is 1. The fourth-order valence-electron chi connectivity index (χ4n) is 4.23. The summed E-state index contributed by atoms with van der Waals surface area (Å²) in [5.74, 6) is -0.607. The molecule has 1 N–H and O–H groups in total. The first-order valence-corrected chi connectivity index (χ1v) is 11.6. The van der Waals surface area contributed by atoms with Gasteiger partial charge in [0, 0.05) is 12.1 Å². The molecule has 1 heterocycles. The molecule has 1 unspecified atom stereocenters. The fraction of sp³-hybridized carbons (Fsp3) is 0.214. The zero-order chi connectivity index (χ0) is 25.1. The minimum atomic E-state index is -0.761. The Morgan fingerprint density at radius 1 is 1.06 bits per heavy atom. The number of nitrogens with zero attached hydrogens (tertiary/aromatic N) is 1. The lowest BCUT2D eigenvalue weighted by molar-refractivity contribution is -0.140. The fourth-order valence-corrected chi connectivity index (χ4v) is 4.40. The van der Waals surface area contributed by atoms with Crippen LogP contribution in [-0.2, 0) is 16.1 Å². The van der Waals surface area contributed by atoms with Crippen molar-refractivity contribution in [3.8, 4) is 11.5 Å². The Morgan fingerprint density at radius 3 is 2.46 bits per heavy atom. The monoisotopic (exact) mass is 491 g/mol. The Balaban J connectivity index is 1.84. The summed E-state index contributed by atoms with van der Waals surface area (Å²) in [6.07, 6.45) is 0. The second-order valence-electron chi connectivity index (χ2n) is 8.27. The van der Waals surface area contributed by atoms with Gasteiger partial charge < -0.3 is 19.5 Å². The molecule has 1 amide bonds. The lowest BCUT2D eigenvalue weighted by Crippen LogP contribution is -2.29. The van der Waals surface area contributed by atoms with E-state index in [4.69, 9.17) is 21.1 Å². The summed E-state index contributed by atoms with van der Waals surface area (Å²) in [5.41, 5.74) is 2.91. The van der Waals surface area contributed by atoms with Crippen LogP contribution in [0.5, 0.6) is 11.5 Å². The van der Waals surface area contributed by atoms with Crippen molar-refractivity contribution in [1.29, 1.82) is 0 Å². The molecule has 3 aromatic carbocycles. The Kier molecular flexibility index (Phi) is 7.12. The number of hydrogen-bond acceptors (Lipinski definition) is 5. The third kappa shape index (κ3) is 4.88. The normalized spacial score (nSPS) is 17.0. The van der Waals surface area contributed by atoms with Crippen LogP contribution in [-0.4, -0.2) is 35.4 Å². The first-order chi connectivity index (χ1) is 16.8. The van der Waals surface area contributed by atoms with Crippen molar-refractivity contribution in [3.05, 3.63) is 99.6 Å². The number of carbonyl (C=O) groups excluding carboxylic acids is 2. The summed E-state index contributed by atoms with van der Waals surface area (Å²) in [6, 6.07) is 18.9. The maximum absolute atomic E-state index is 13.3. The number of halogens is 1. The highest BCUT2D eigenvalue weighted by Crippen LogP contribution is 2.41. The number of aliphatic hydroxyl groups is 1.